The van der Waals surface area contributed by atoms with E-state index in [0.29, 0.717) is 36.7 Å². The van der Waals surface area contributed by atoms with Crippen LogP contribution in [-0.2, 0) is 9.53 Å². The number of rotatable bonds is 5. The molecule has 1 aliphatic rings. The molecule has 1 aromatic rings. The molecule has 0 aromatic heterocycles. The Morgan fingerprint density at radius 1 is 1.27 bits per heavy atom. The predicted molar refractivity (Wildman–Crippen MR) is 85.0 cm³/mol. The molecule has 6 heteroatoms. The molecule has 2 amide bonds. The third-order valence-electron chi connectivity index (χ3n) is 3.81. The number of piperidine rings is 1. The second-order valence-electron chi connectivity index (χ2n) is 5.38. The lowest BCUT2D eigenvalue weighted by Crippen LogP contribution is -2.46. The van der Waals surface area contributed by atoms with E-state index >= 15 is 0 Å². The van der Waals surface area contributed by atoms with E-state index in [9.17, 15) is 9.59 Å². The number of halogens is 1. The van der Waals surface area contributed by atoms with Gasteiger partial charge in [0.15, 0.2) is 0 Å². The summed E-state index contributed by atoms with van der Waals surface area (Å²) in [6.45, 7) is 1.80. The highest BCUT2D eigenvalue weighted by Gasteiger charge is 2.23. The van der Waals surface area contributed by atoms with Crippen LogP contribution in [-0.4, -0.2) is 49.6 Å². The number of likely N-dealkylation sites (tertiary alicyclic amines) is 1. The van der Waals surface area contributed by atoms with Crippen LogP contribution in [0.4, 0.5) is 0 Å². The van der Waals surface area contributed by atoms with E-state index in [4.69, 9.17) is 16.3 Å². The van der Waals surface area contributed by atoms with E-state index in [-0.39, 0.29) is 17.9 Å². The first-order valence-electron chi connectivity index (χ1n) is 7.43. The smallest absolute Gasteiger partial charge is 0.251 e. The minimum absolute atomic E-state index is 0.0965. The van der Waals surface area contributed by atoms with Crippen LogP contribution in [0.3, 0.4) is 0 Å². The van der Waals surface area contributed by atoms with Crippen LogP contribution < -0.4 is 5.32 Å². The van der Waals surface area contributed by atoms with Crippen LogP contribution >= 0.6 is 11.6 Å². The molecule has 1 aromatic carbocycles. The van der Waals surface area contributed by atoms with Crippen molar-refractivity contribution in [3.8, 4) is 0 Å². The van der Waals surface area contributed by atoms with Crippen molar-refractivity contribution < 1.29 is 14.3 Å². The summed E-state index contributed by atoms with van der Waals surface area (Å²) in [5.74, 6) is 0.0187. The van der Waals surface area contributed by atoms with Gasteiger partial charge >= 0.3 is 0 Å². The van der Waals surface area contributed by atoms with E-state index in [0.717, 1.165) is 12.8 Å². The monoisotopic (exact) mass is 324 g/mol. The maximum atomic E-state index is 12.1. The molecular weight excluding hydrogens is 304 g/mol. The van der Waals surface area contributed by atoms with E-state index in [1.165, 1.54) is 0 Å². The van der Waals surface area contributed by atoms with Gasteiger partial charge in [-0.15, -0.1) is 0 Å². The number of methoxy groups -OCH3 is 1. The highest BCUT2D eigenvalue weighted by molar-refractivity contribution is 6.30. The summed E-state index contributed by atoms with van der Waals surface area (Å²) < 4.78 is 4.92. The number of nitrogens with zero attached hydrogens (tertiary/aromatic N) is 1. The molecule has 5 nitrogen and oxygen atoms in total. The Bertz CT molecular complexity index is 511. The summed E-state index contributed by atoms with van der Waals surface area (Å²) >= 11 is 5.81. The number of nitrogens with one attached hydrogen (secondary N) is 1. The van der Waals surface area contributed by atoms with Gasteiger partial charge in [0.1, 0.15) is 0 Å². The van der Waals surface area contributed by atoms with Crippen molar-refractivity contribution in [2.24, 2.45) is 0 Å². The van der Waals surface area contributed by atoms with E-state index in [2.05, 4.69) is 5.32 Å². The van der Waals surface area contributed by atoms with Crippen LogP contribution in [0.2, 0.25) is 5.02 Å². The summed E-state index contributed by atoms with van der Waals surface area (Å²) in [7, 11) is 1.59. The minimum atomic E-state index is -0.0965. The van der Waals surface area contributed by atoms with Crippen molar-refractivity contribution in [1.29, 1.82) is 0 Å². The Hall–Kier alpha value is -1.59. The van der Waals surface area contributed by atoms with Crippen molar-refractivity contribution in [2.75, 3.05) is 26.8 Å². The molecule has 120 valence electrons. The zero-order valence-electron chi connectivity index (χ0n) is 12.7. The average Bonchev–Trinajstić information content (AvgIpc) is 2.54. The fourth-order valence-corrected chi connectivity index (χ4v) is 2.62. The van der Waals surface area contributed by atoms with Crippen molar-refractivity contribution in [3.63, 3.8) is 0 Å². The summed E-state index contributed by atoms with van der Waals surface area (Å²) in [5, 5.41) is 3.62. The van der Waals surface area contributed by atoms with Gasteiger partial charge in [0, 0.05) is 36.8 Å². The molecule has 2 rings (SSSR count). The van der Waals surface area contributed by atoms with Crippen LogP contribution in [0.1, 0.15) is 29.6 Å². The molecule has 1 saturated heterocycles. The fraction of sp³-hybridized carbons (Fsp3) is 0.500. The average molecular weight is 325 g/mol. The maximum Gasteiger partial charge on any atom is 0.251 e. The van der Waals surface area contributed by atoms with E-state index in [1.807, 2.05) is 4.90 Å². The third-order valence-corrected chi connectivity index (χ3v) is 4.06. The first-order valence-corrected chi connectivity index (χ1v) is 7.81. The maximum absolute atomic E-state index is 12.1. The van der Waals surface area contributed by atoms with E-state index < -0.39 is 0 Å². The molecule has 0 saturated carbocycles. The van der Waals surface area contributed by atoms with Gasteiger partial charge in [-0.2, -0.15) is 0 Å². The van der Waals surface area contributed by atoms with Crippen LogP contribution in [0.15, 0.2) is 24.3 Å². The lowest BCUT2D eigenvalue weighted by atomic mass is 10.0. The molecule has 22 heavy (non-hydrogen) atoms. The number of hydrogen-bond donors (Lipinski definition) is 1. The van der Waals surface area contributed by atoms with Gasteiger partial charge < -0.3 is 15.0 Å². The van der Waals surface area contributed by atoms with Gasteiger partial charge in [0.05, 0.1) is 13.0 Å². The molecule has 1 aliphatic heterocycles. The van der Waals surface area contributed by atoms with Gasteiger partial charge in [-0.1, -0.05) is 11.6 Å². The number of amides is 2. The van der Waals surface area contributed by atoms with E-state index in [1.54, 1.807) is 31.4 Å². The quantitative estimate of drug-likeness (QED) is 0.902. The molecule has 0 bridgehead atoms. The van der Waals surface area contributed by atoms with Crippen LogP contribution in [0, 0.1) is 0 Å². The molecule has 0 radical (unpaired) electrons. The predicted octanol–water partition coefficient (Wildman–Crippen LogP) is 2.10. The molecule has 1 fully saturated rings. The first-order chi connectivity index (χ1) is 10.6. The normalized spacial score (nSPS) is 15.6. The number of hydrogen-bond acceptors (Lipinski definition) is 3. The SMILES string of the molecule is COCCC(=O)N1CCC(NC(=O)c2ccc(Cl)cc2)CC1. The van der Waals surface area contributed by atoms with Crippen molar-refractivity contribution in [2.45, 2.75) is 25.3 Å². The zero-order valence-corrected chi connectivity index (χ0v) is 13.4. The summed E-state index contributed by atoms with van der Waals surface area (Å²) in [5.41, 5.74) is 0.600. The van der Waals surface area contributed by atoms with Gasteiger partial charge in [-0.3, -0.25) is 9.59 Å². The first kappa shape index (κ1) is 16.8. The Balaban J connectivity index is 1.78. The second kappa shape index (κ2) is 8.15. The molecule has 0 unspecified atom stereocenters. The topological polar surface area (TPSA) is 58.6 Å². The molecular formula is C16H21ClN2O3. The van der Waals surface area contributed by atoms with Crippen molar-refractivity contribution >= 4 is 23.4 Å². The zero-order chi connectivity index (χ0) is 15.9. The van der Waals surface area contributed by atoms with Gasteiger partial charge in [-0.05, 0) is 37.1 Å². The molecule has 0 spiro atoms. The van der Waals surface area contributed by atoms with Crippen LogP contribution in [0.25, 0.3) is 0 Å². The fourth-order valence-electron chi connectivity index (χ4n) is 2.49. The Kier molecular flexibility index (Phi) is 6.21. The van der Waals surface area contributed by atoms with Gasteiger partial charge in [0.25, 0.3) is 5.91 Å². The van der Waals surface area contributed by atoms with Gasteiger partial charge in [-0.25, -0.2) is 0 Å². The van der Waals surface area contributed by atoms with Crippen molar-refractivity contribution in [3.05, 3.63) is 34.9 Å². The number of carbonyl (C=O) groups excluding carboxylic acids is 2. The molecule has 0 atom stereocenters. The summed E-state index contributed by atoms with van der Waals surface area (Å²) in [4.78, 5) is 25.9. The highest BCUT2D eigenvalue weighted by Crippen LogP contribution is 2.14. The molecule has 0 aliphatic carbocycles. The summed E-state index contributed by atoms with van der Waals surface area (Å²) in [6.07, 6.45) is 1.97. The standard InChI is InChI=1S/C16H21ClN2O3/c1-22-11-8-15(20)19-9-6-14(7-10-19)18-16(21)12-2-4-13(17)5-3-12/h2-5,14H,6-11H2,1H3,(H,18,21). The van der Waals surface area contributed by atoms with Gasteiger partial charge in [0.2, 0.25) is 5.91 Å². The summed E-state index contributed by atoms with van der Waals surface area (Å²) in [6, 6.07) is 6.93. The third kappa shape index (κ3) is 4.71. The highest BCUT2D eigenvalue weighted by atomic mass is 35.5. The Morgan fingerprint density at radius 3 is 2.50 bits per heavy atom. The molecule has 1 heterocycles. The number of ether oxygens (including phenoxy) is 1. The number of benzene rings is 1. The molecule has 1 N–H and O–H groups in total. The Morgan fingerprint density at radius 2 is 1.91 bits per heavy atom. The minimum Gasteiger partial charge on any atom is -0.384 e. The largest absolute Gasteiger partial charge is 0.384 e. The Labute approximate surface area is 135 Å². The van der Waals surface area contributed by atoms with Crippen LogP contribution in [0.5, 0.6) is 0 Å². The lowest BCUT2D eigenvalue weighted by molar-refractivity contribution is -0.133. The van der Waals surface area contributed by atoms with Crippen molar-refractivity contribution in [1.82, 2.24) is 10.2 Å². The lowest BCUT2D eigenvalue weighted by Gasteiger charge is -2.32. The number of carbonyl (C=O) groups is 2. The second-order valence-corrected chi connectivity index (χ2v) is 5.81.